The Kier molecular flexibility index (Phi) is 27.2. The molecule has 39 heavy (non-hydrogen) atoms. The molecule has 0 aromatic heterocycles. The summed E-state index contributed by atoms with van der Waals surface area (Å²) >= 11 is 4.76. The first-order valence-electron chi connectivity index (χ1n) is 15.5. The van der Waals surface area contributed by atoms with E-state index in [0.29, 0.717) is 11.3 Å². The number of rotatable bonds is 13. The van der Waals surface area contributed by atoms with E-state index in [9.17, 15) is 0 Å². The molecule has 0 saturated heterocycles. The first-order chi connectivity index (χ1) is 18.6. The van der Waals surface area contributed by atoms with Crippen LogP contribution in [-0.2, 0) is 0 Å². The van der Waals surface area contributed by atoms with E-state index in [4.69, 9.17) is 18.4 Å². The zero-order valence-corrected chi connectivity index (χ0v) is 28.1. The fourth-order valence-electron chi connectivity index (χ4n) is 4.60. The van der Waals surface area contributed by atoms with E-state index in [2.05, 4.69) is 101 Å². The molecule has 2 N–H and O–H groups in total. The molecule has 0 fully saturated rings. The van der Waals surface area contributed by atoms with Gasteiger partial charge < -0.3 is 10.6 Å². The average Bonchev–Trinajstić information content (AvgIpc) is 2.87. The standard InChI is InChI=1S/C18H34N2.C15H25NS.C2H6/c1-6-10-18(13-12-17(4)19)11-8-7-9-14-20(5)15-16(2)3;1-4-10-14(17)15-13(2)11-8-6-5-7-9-12-16(15)3;1-2/h6,10,12-13,16H,7-9,11,14-15,19H2,1-5H3;5-6,8,11,14-15,17H,2,4,7,9-10,12H2,1,3H3;1-2H3/b10-6-,17-12+,18-13+;6-5-,11-8-;. The number of allylic oxidation sites excluding steroid dienone is 9. The summed E-state index contributed by atoms with van der Waals surface area (Å²) in [6, 6.07) is 0.362. The van der Waals surface area contributed by atoms with Crippen molar-refractivity contribution in [1.82, 2.24) is 9.80 Å². The lowest BCUT2D eigenvalue weighted by atomic mass is 9.99. The van der Waals surface area contributed by atoms with Crippen molar-refractivity contribution in [2.75, 3.05) is 33.7 Å². The van der Waals surface area contributed by atoms with Crippen molar-refractivity contribution < 1.29 is 0 Å². The maximum atomic E-state index is 5.67. The molecule has 0 aliphatic carbocycles. The normalized spacial score (nSPS) is 19.8. The predicted molar refractivity (Wildman–Crippen MR) is 184 cm³/mol. The van der Waals surface area contributed by atoms with E-state index in [0.717, 1.165) is 37.4 Å². The lowest BCUT2D eigenvalue weighted by Crippen LogP contribution is -2.40. The van der Waals surface area contributed by atoms with E-state index in [1.54, 1.807) is 0 Å². The third-order valence-corrected chi connectivity index (χ3v) is 6.91. The van der Waals surface area contributed by atoms with Crippen LogP contribution in [0.2, 0.25) is 0 Å². The van der Waals surface area contributed by atoms with Crippen molar-refractivity contribution in [3.63, 3.8) is 0 Å². The van der Waals surface area contributed by atoms with Crippen LogP contribution in [-0.4, -0.2) is 54.8 Å². The number of hydrogen-bond donors (Lipinski definition) is 2. The maximum absolute atomic E-state index is 5.67. The van der Waals surface area contributed by atoms with Gasteiger partial charge in [0.2, 0.25) is 0 Å². The van der Waals surface area contributed by atoms with Crippen LogP contribution in [0.4, 0.5) is 0 Å². The minimum atomic E-state index is 0.362. The Hall–Kier alpha value is -1.49. The Bertz CT molecular complexity index is 741. The summed E-state index contributed by atoms with van der Waals surface area (Å²) in [6.07, 6.45) is 26.6. The second kappa shape index (κ2) is 26.7. The highest BCUT2D eigenvalue weighted by Crippen LogP contribution is 2.22. The molecule has 226 valence electrons. The smallest absolute Gasteiger partial charge is 0.0455 e. The van der Waals surface area contributed by atoms with Crippen molar-refractivity contribution >= 4 is 12.6 Å². The Morgan fingerprint density at radius 2 is 1.90 bits per heavy atom. The SMILES string of the molecule is C=C1/C=C\C=C/CCCN(C)C1C(S)CCC.CC.C\C=C/C(=C\C=C(/C)N)CCCCCN(C)CC(C)C. The highest BCUT2D eigenvalue weighted by molar-refractivity contribution is 7.81. The molecule has 0 bridgehead atoms. The molecule has 3 nitrogen and oxygen atoms in total. The zero-order chi connectivity index (χ0) is 30.1. The molecule has 0 amide bonds. The van der Waals surface area contributed by atoms with Gasteiger partial charge in [-0.05, 0) is 103 Å². The lowest BCUT2D eigenvalue weighted by molar-refractivity contribution is 0.263. The fourth-order valence-corrected chi connectivity index (χ4v) is 5.28. The highest BCUT2D eigenvalue weighted by Gasteiger charge is 2.23. The van der Waals surface area contributed by atoms with E-state index >= 15 is 0 Å². The summed E-state index contributed by atoms with van der Waals surface area (Å²) in [5.41, 5.74) is 9.08. The van der Waals surface area contributed by atoms with Gasteiger partial charge in [0.15, 0.2) is 0 Å². The van der Waals surface area contributed by atoms with E-state index in [-0.39, 0.29) is 0 Å². The first-order valence-corrected chi connectivity index (χ1v) is 16.0. The second-order valence-corrected chi connectivity index (χ2v) is 11.6. The maximum Gasteiger partial charge on any atom is 0.0455 e. The summed E-state index contributed by atoms with van der Waals surface area (Å²) in [4.78, 5) is 4.84. The van der Waals surface area contributed by atoms with Gasteiger partial charge in [0.25, 0.3) is 0 Å². The van der Waals surface area contributed by atoms with Crippen LogP contribution in [0.3, 0.4) is 0 Å². The Morgan fingerprint density at radius 3 is 2.49 bits per heavy atom. The van der Waals surface area contributed by atoms with Gasteiger partial charge in [-0.15, -0.1) is 0 Å². The number of nitrogens with zero attached hydrogens (tertiary/aromatic N) is 2. The topological polar surface area (TPSA) is 32.5 Å². The van der Waals surface area contributed by atoms with Gasteiger partial charge in [-0.3, -0.25) is 4.90 Å². The van der Waals surface area contributed by atoms with Gasteiger partial charge in [-0.1, -0.05) is 96.6 Å². The summed E-state index contributed by atoms with van der Waals surface area (Å²) in [5.74, 6) is 0.760. The van der Waals surface area contributed by atoms with E-state index < -0.39 is 0 Å². The molecule has 1 heterocycles. The Balaban J connectivity index is 0. The molecule has 0 saturated carbocycles. The zero-order valence-electron chi connectivity index (χ0n) is 27.3. The molecular formula is C35H65N3S. The highest BCUT2D eigenvalue weighted by atomic mass is 32.1. The van der Waals surface area contributed by atoms with Gasteiger partial charge in [0, 0.05) is 23.5 Å². The van der Waals surface area contributed by atoms with Crippen LogP contribution in [0.1, 0.15) is 99.8 Å². The number of hydrogen-bond acceptors (Lipinski definition) is 4. The third kappa shape index (κ3) is 23.0. The molecule has 0 radical (unpaired) electrons. The van der Waals surface area contributed by atoms with Gasteiger partial charge in [-0.2, -0.15) is 12.6 Å². The number of unbranched alkanes of at least 4 members (excludes halogenated alkanes) is 2. The van der Waals surface area contributed by atoms with Crippen LogP contribution in [0, 0.1) is 5.92 Å². The minimum absolute atomic E-state index is 0.362. The van der Waals surface area contributed by atoms with E-state index in [1.165, 1.54) is 56.3 Å². The summed E-state index contributed by atoms with van der Waals surface area (Å²) in [7, 11) is 4.41. The van der Waals surface area contributed by atoms with E-state index in [1.807, 2.05) is 26.8 Å². The summed E-state index contributed by atoms with van der Waals surface area (Å²) in [6.45, 7) is 22.5. The van der Waals surface area contributed by atoms with Crippen LogP contribution in [0.5, 0.6) is 0 Å². The molecule has 2 atom stereocenters. The molecule has 1 aliphatic heterocycles. The van der Waals surface area contributed by atoms with Crippen molar-refractivity contribution in [3.05, 3.63) is 72.0 Å². The average molecular weight is 560 g/mol. The lowest BCUT2D eigenvalue weighted by Gasteiger charge is -2.33. The fraction of sp³-hybridized carbons (Fsp3) is 0.657. The monoisotopic (exact) mass is 559 g/mol. The molecule has 0 spiro atoms. The van der Waals surface area contributed by atoms with Crippen molar-refractivity contribution in [3.8, 4) is 0 Å². The molecule has 0 aromatic rings. The van der Waals surface area contributed by atoms with Crippen molar-refractivity contribution in [1.29, 1.82) is 0 Å². The molecular weight excluding hydrogens is 494 g/mol. The largest absolute Gasteiger partial charge is 0.402 e. The molecule has 1 rings (SSSR count). The summed E-state index contributed by atoms with van der Waals surface area (Å²) in [5, 5.41) is 0.380. The van der Waals surface area contributed by atoms with Crippen LogP contribution in [0.15, 0.2) is 72.0 Å². The molecule has 0 aromatic carbocycles. The second-order valence-electron chi connectivity index (χ2n) is 10.9. The molecule has 2 unspecified atom stereocenters. The van der Waals surface area contributed by atoms with Crippen LogP contribution in [0.25, 0.3) is 0 Å². The van der Waals surface area contributed by atoms with Crippen molar-refractivity contribution in [2.45, 2.75) is 111 Å². The third-order valence-electron chi connectivity index (χ3n) is 6.37. The Morgan fingerprint density at radius 1 is 1.21 bits per heavy atom. The summed E-state index contributed by atoms with van der Waals surface area (Å²) < 4.78 is 0. The number of thiol groups is 1. The molecule has 1 aliphatic rings. The van der Waals surface area contributed by atoms with Crippen molar-refractivity contribution in [2.24, 2.45) is 11.7 Å². The number of likely N-dealkylation sites (N-methyl/N-ethyl adjacent to an activating group) is 1. The van der Waals surface area contributed by atoms with Crippen LogP contribution >= 0.6 is 12.6 Å². The van der Waals surface area contributed by atoms with Gasteiger partial charge in [-0.25, -0.2) is 0 Å². The van der Waals surface area contributed by atoms with Gasteiger partial charge in [0.1, 0.15) is 0 Å². The first kappa shape index (κ1) is 39.7. The van der Waals surface area contributed by atoms with Crippen LogP contribution < -0.4 is 5.73 Å². The predicted octanol–water partition coefficient (Wildman–Crippen LogP) is 9.37. The minimum Gasteiger partial charge on any atom is -0.402 e. The quantitative estimate of drug-likeness (QED) is 0.134. The van der Waals surface area contributed by atoms with Gasteiger partial charge >= 0.3 is 0 Å². The number of nitrogens with two attached hydrogens (primary N) is 1. The van der Waals surface area contributed by atoms with Gasteiger partial charge in [0.05, 0.1) is 0 Å². The Labute approximate surface area is 250 Å². The molecule has 4 heteroatoms.